The van der Waals surface area contributed by atoms with Gasteiger partial charge in [0.15, 0.2) is 0 Å². The lowest BCUT2D eigenvalue weighted by molar-refractivity contribution is 0.0452. The second kappa shape index (κ2) is 18.4. The standard InChI is InChI=1S/C39H62ClN11O8/c1-36(2,3)56-32(52)43-23-15-24(44-33(53)57-37(4,5)6)19-50(18-23)30-47-29(42-22-13-14-28(41)27(40)17-22)48-31(49-30)51-20-25(45-34(54)58-38(7,8)9)16-26(21-51)46-35(55)59-39(10,11)12/h13-14,17,23-26H,15-16,18-21,41H2,1-12H3,(H,43,52)(H,44,53)(H,45,54)(H,46,55)(H,42,47,48,49)/t23-,24+,25-,26+. The third-order valence-electron chi connectivity index (χ3n) is 8.22. The van der Waals surface area contributed by atoms with Gasteiger partial charge in [-0.15, -0.1) is 0 Å². The zero-order valence-electron chi connectivity index (χ0n) is 36.2. The van der Waals surface area contributed by atoms with E-state index in [2.05, 4.69) is 26.6 Å². The minimum absolute atomic E-state index is 0.128. The lowest BCUT2D eigenvalue weighted by atomic mass is 10.0. The largest absolute Gasteiger partial charge is 0.444 e. The molecule has 4 amide bonds. The Bertz CT molecular complexity index is 1650. The van der Waals surface area contributed by atoms with Crippen molar-refractivity contribution in [1.82, 2.24) is 36.2 Å². The Hall–Kier alpha value is -5.20. The molecular formula is C39H62ClN11O8. The summed E-state index contributed by atoms with van der Waals surface area (Å²) >= 11 is 6.36. The Morgan fingerprint density at radius 3 is 1.20 bits per heavy atom. The number of carbonyl (C=O) groups is 4. The second-order valence-electron chi connectivity index (χ2n) is 18.8. The number of alkyl carbamates (subject to hydrolysis) is 4. The molecule has 0 unspecified atom stereocenters. The third kappa shape index (κ3) is 16.2. The molecule has 19 nitrogen and oxygen atoms in total. The van der Waals surface area contributed by atoms with Crippen LogP contribution in [0.5, 0.6) is 0 Å². The molecule has 59 heavy (non-hydrogen) atoms. The summed E-state index contributed by atoms with van der Waals surface area (Å²) in [6.07, 6.45) is -1.80. The van der Waals surface area contributed by atoms with Gasteiger partial charge in [0.2, 0.25) is 17.8 Å². The van der Waals surface area contributed by atoms with Gasteiger partial charge in [-0.25, -0.2) is 19.2 Å². The summed E-state index contributed by atoms with van der Waals surface area (Å²) in [5.74, 6) is 0.526. The summed E-state index contributed by atoms with van der Waals surface area (Å²) in [5, 5.41) is 15.2. The number of aromatic nitrogens is 3. The van der Waals surface area contributed by atoms with Crippen LogP contribution < -0.4 is 42.1 Å². The molecule has 4 rings (SSSR count). The molecule has 2 fully saturated rings. The van der Waals surface area contributed by atoms with Gasteiger partial charge in [-0.05, 0) is 114 Å². The predicted octanol–water partition coefficient (Wildman–Crippen LogP) is 5.84. The summed E-state index contributed by atoms with van der Waals surface area (Å²) in [7, 11) is 0. The summed E-state index contributed by atoms with van der Waals surface area (Å²) in [6, 6.07) is 2.90. The van der Waals surface area contributed by atoms with Gasteiger partial charge in [0.05, 0.1) is 34.9 Å². The highest BCUT2D eigenvalue weighted by atomic mass is 35.5. The van der Waals surface area contributed by atoms with E-state index in [0.717, 1.165) is 0 Å². The number of nitrogen functional groups attached to an aromatic ring is 1. The van der Waals surface area contributed by atoms with E-state index in [4.69, 9.17) is 51.2 Å². The molecule has 0 radical (unpaired) electrons. The number of nitrogens with two attached hydrogens (primary N) is 1. The van der Waals surface area contributed by atoms with Gasteiger partial charge < -0.3 is 61.1 Å². The second-order valence-corrected chi connectivity index (χ2v) is 19.2. The molecule has 2 saturated heterocycles. The number of hydrogen-bond acceptors (Lipinski definition) is 15. The van der Waals surface area contributed by atoms with E-state index < -0.39 is 70.9 Å². The highest BCUT2D eigenvalue weighted by Crippen LogP contribution is 2.28. The number of rotatable bonds is 8. The van der Waals surface area contributed by atoms with Crippen LogP contribution in [-0.2, 0) is 18.9 Å². The number of piperidine rings is 2. The zero-order chi connectivity index (χ0) is 44.1. The smallest absolute Gasteiger partial charge is 0.407 e. The Morgan fingerprint density at radius 1 is 0.593 bits per heavy atom. The van der Waals surface area contributed by atoms with Crippen LogP contribution in [0, 0.1) is 0 Å². The molecule has 7 N–H and O–H groups in total. The molecule has 0 saturated carbocycles. The molecule has 2 aromatic rings. The maximum Gasteiger partial charge on any atom is 0.407 e. The van der Waals surface area contributed by atoms with Crippen LogP contribution in [-0.4, -0.2) is 112 Å². The molecule has 328 valence electrons. The van der Waals surface area contributed by atoms with E-state index in [1.807, 2.05) is 9.80 Å². The third-order valence-corrected chi connectivity index (χ3v) is 8.55. The van der Waals surface area contributed by atoms with Crippen LogP contribution >= 0.6 is 11.6 Å². The van der Waals surface area contributed by atoms with E-state index in [-0.39, 0.29) is 44.0 Å². The molecule has 0 spiro atoms. The number of ether oxygens (including phenoxy) is 4. The van der Waals surface area contributed by atoms with Crippen LogP contribution in [0.25, 0.3) is 0 Å². The molecule has 4 atom stereocenters. The Kier molecular flexibility index (Phi) is 14.5. The molecule has 2 aliphatic heterocycles. The molecule has 2 aliphatic rings. The molecule has 0 aliphatic carbocycles. The summed E-state index contributed by atoms with van der Waals surface area (Å²) in [6.45, 7) is 22.1. The predicted molar refractivity (Wildman–Crippen MR) is 225 cm³/mol. The van der Waals surface area contributed by atoms with Crippen molar-refractivity contribution in [1.29, 1.82) is 0 Å². The minimum Gasteiger partial charge on any atom is -0.444 e. The maximum atomic E-state index is 13.0. The van der Waals surface area contributed by atoms with Gasteiger partial charge in [-0.3, -0.25) is 0 Å². The molecule has 1 aromatic carbocycles. The van der Waals surface area contributed by atoms with Crippen LogP contribution in [0.1, 0.15) is 95.9 Å². The summed E-state index contributed by atoms with van der Waals surface area (Å²) < 4.78 is 22.2. The highest BCUT2D eigenvalue weighted by molar-refractivity contribution is 6.33. The van der Waals surface area contributed by atoms with Gasteiger partial charge in [0.1, 0.15) is 22.4 Å². The van der Waals surface area contributed by atoms with Gasteiger partial charge in [-0.1, -0.05) is 11.6 Å². The zero-order valence-corrected chi connectivity index (χ0v) is 37.0. The van der Waals surface area contributed by atoms with Crippen LogP contribution in [0.2, 0.25) is 5.02 Å². The quantitative estimate of drug-likeness (QED) is 0.135. The van der Waals surface area contributed by atoms with Crippen LogP contribution in [0.15, 0.2) is 18.2 Å². The number of anilines is 5. The van der Waals surface area contributed by atoms with E-state index >= 15 is 0 Å². The van der Waals surface area contributed by atoms with Crippen molar-refractivity contribution in [2.75, 3.05) is 47.0 Å². The Morgan fingerprint density at radius 2 is 0.915 bits per heavy atom. The SMILES string of the molecule is CC(C)(C)OC(=O)N[C@@H]1C[C@H](NC(=O)OC(C)(C)C)CN(c2nc(Nc3ccc(N)c(Cl)c3)nc(N3C[C@H](NC(=O)OC(C)(C)C)C[C@H](NC(=O)OC(C)(C)C)C3)n2)C1. The highest BCUT2D eigenvalue weighted by Gasteiger charge is 2.36. The van der Waals surface area contributed by atoms with Gasteiger partial charge in [0, 0.05) is 31.9 Å². The topological polar surface area (TPSA) is 237 Å². The molecule has 20 heteroatoms. The van der Waals surface area contributed by atoms with Gasteiger partial charge >= 0.3 is 24.4 Å². The molecule has 3 heterocycles. The average molecular weight is 848 g/mol. The van der Waals surface area contributed by atoms with E-state index in [9.17, 15) is 19.2 Å². The lowest BCUT2D eigenvalue weighted by Crippen LogP contribution is -2.59. The monoisotopic (exact) mass is 847 g/mol. The fourth-order valence-electron chi connectivity index (χ4n) is 6.27. The Balaban J connectivity index is 1.76. The molecule has 1 aromatic heterocycles. The van der Waals surface area contributed by atoms with Crippen LogP contribution in [0.3, 0.4) is 0 Å². The van der Waals surface area contributed by atoms with E-state index in [1.54, 1.807) is 101 Å². The minimum atomic E-state index is -0.748. The number of nitrogens with one attached hydrogen (secondary N) is 5. The first kappa shape index (κ1) is 46.5. The number of halogens is 1. The van der Waals surface area contributed by atoms with Crippen molar-refractivity contribution in [3.05, 3.63) is 23.2 Å². The fraction of sp³-hybridized carbons (Fsp3) is 0.667. The lowest BCUT2D eigenvalue weighted by Gasteiger charge is -2.40. The van der Waals surface area contributed by atoms with Crippen molar-refractivity contribution in [3.8, 4) is 0 Å². The Labute approximate surface area is 351 Å². The molecular weight excluding hydrogens is 786 g/mol. The van der Waals surface area contributed by atoms with Crippen LogP contribution in [0.4, 0.5) is 48.4 Å². The van der Waals surface area contributed by atoms with Gasteiger partial charge in [0.25, 0.3) is 0 Å². The first-order valence-corrected chi connectivity index (χ1v) is 20.0. The number of amides is 4. The van der Waals surface area contributed by atoms with Crippen molar-refractivity contribution in [2.24, 2.45) is 0 Å². The van der Waals surface area contributed by atoms with E-state index in [1.165, 1.54) is 0 Å². The number of carbonyl (C=O) groups excluding carboxylic acids is 4. The average Bonchev–Trinajstić information content (AvgIpc) is 3.02. The van der Waals surface area contributed by atoms with Crippen molar-refractivity contribution >= 4 is 65.2 Å². The van der Waals surface area contributed by atoms with Crippen molar-refractivity contribution in [3.63, 3.8) is 0 Å². The maximum absolute atomic E-state index is 13.0. The first-order chi connectivity index (χ1) is 27.1. The summed E-state index contributed by atoms with van der Waals surface area (Å²) in [5.41, 5.74) is 3.91. The van der Waals surface area contributed by atoms with Crippen molar-refractivity contribution in [2.45, 2.75) is 142 Å². The molecule has 0 bridgehead atoms. The fourth-order valence-corrected chi connectivity index (χ4v) is 6.45. The summed E-state index contributed by atoms with van der Waals surface area (Å²) in [4.78, 5) is 70.1. The number of benzene rings is 1. The number of hydrogen-bond donors (Lipinski definition) is 6. The normalized spacial score (nSPS) is 20.2. The van der Waals surface area contributed by atoms with Gasteiger partial charge in [-0.2, -0.15) is 15.0 Å². The number of nitrogens with zero attached hydrogens (tertiary/aromatic N) is 5. The van der Waals surface area contributed by atoms with Crippen molar-refractivity contribution < 1.29 is 38.1 Å². The first-order valence-electron chi connectivity index (χ1n) is 19.6. The van der Waals surface area contributed by atoms with E-state index in [0.29, 0.717) is 29.2 Å².